The first-order chi connectivity index (χ1) is 8.43. The van der Waals surface area contributed by atoms with Gasteiger partial charge in [-0.2, -0.15) is 0 Å². The zero-order chi connectivity index (χ0) is 11.5. The van der Waals surface area contributed by atoms with Crippen LogP contribution in [0.5, 0.6) is 0 Å². The lowest BCUT2D eigenvalue weighted by Gasteiger charge is -1.93. The molecule has 0 saturated heterocycles. The first kappa shape index (κ1) is 9.78. The third-order valence-electron chi connectivity index (χ3n) is 2.48. The molecule has 3 rings (SSSR count). The van der Waals surface area contributed by atoms with E-state index < -0.39 is 0 Å². The molecule has 0 N–H and O–H groups in total. The van der Waals surface area contributed by atoms with E-state index in [0.717, 1.165) is 16.8 Å². The van der Waals surface area contributed by atoms with Crippen LogP contribution in [0.2, 0.25) is 0 Å². The minimum Gasteiger partial charge on any atom is -0.444 e. The molecule has 0 saturated carbocycles. The number of benzene rings is 1. The van der Waals surface area contributed by atoms with Crippen molar-refractivity contribution in [2.45, 2.75) is 0 Å². The highest BCUT2D eigenvalue weighted by molar-refractivity contribution is 5.61. The third-order valence-corrected chi connectivity index (χ3v) is 2.48. The summed E-state index contributed by atoms with van der Waals surface area (Å²) in [6.45, 7) is 0. The van der Waals surface area contributed by atoms with Crippen molar-refractivity contribution in [2.24, 2.45) is 0 Å². The van der Waals surface area contributed by atoms with Gasteiger partial charge < -0.3 is 4.42 Å². The molecule has 0 spiro atoms. The average molecular weight is 222 g/mol. The second-order valence-corrected chi connectivity index (χ2v) is 3.65. The highest BCUT2D eigenvalue weighted by Gasteiger charge is 2.07. The smallest absolute Gasteiger partial charge is 0.226 e. The van der Waals surface area contributed by atoms with Crippen molar-refractivity contribution in [2.75, 3.05) is 0 Å². The summed E-state index contributed by atoms with van der Waals surface area (Å²) in [4.78, 5) is 8.51. The summed E-state index contributed by atoms with van der Waals surface area (Å²) in [7, 11) is 0. The molecule has 0 bridgehead atoms. The van der Waals surface area contributed by atoms with Crippen LogP contribution in [0.15, 0.2) is 65.5 Å². The van der Waals surface area contributed by atoms with Crippen LogP contribution in [-0.2, 0) is 0 Å². The molecule has 82 valence electrons. The summed E-state index contributed by atoms with van der Waals surface area (Å²) < 4.78 is 5.47. The molecule has 3 nitrogen and oxygen atoms in total. The SMILES string of the molecule is c1ccc(-c2nc(-c3cccnc3)co2)cc1. The Labute approximate surface area is 98.8 Å². The highest BCUT2D eigenvalue weighted by atomic mass is 16.3. The molecule has 0 aliphatic heterocycles. The van der Waals surface area contributed by atoms with E-state index in [1.165, 1.54) is 0 Å². The predicted octanol–water partition coefficient (Wildman–Crippen LogP) is 3.40. The van der Waals surface area contributed by atoms with E-state index >= 15 is 0 Å². The third kappa shape index (κ3) is 1.95. The van der Waals surface area contributed by atoms with Crippen molar-refractivity contribution in [1.82, 2.24) is 9.97 Å². The van der Waals surface area contributed by atoms with Gasteiger partial charge in [-0.15, -0.1) is 0 Å². The fourth-order valence-corrected chi connectivity index (χ4v) is 1.63. The van der Waals surface area contributed by atoms with Gasteiger partial charge in [-0.1, -0.05) is 18.2 Å². The number of rotatable bonds is 2. The van der Waals surface area contributed by atoms with E-state index in [-0.39, 0.29) is 0 Å². The van der Waals surface area contributed by atoms with Gasteiger partial charge in [0.1, 0.15) is 12.0 Å². The first-order valence-electron chi connectivity index (χ1n) is 5.35. The molecular formula is C14H10N2O. The van der Waals surface area contributed by atoms with E-state index in [9.17, 15) is 0 Å². The second kappa shape index (κ2) is 4.22. The maximum atomic E-state index is 5.47. The highest BCUT2D eigenvalue weighted by Crippen LogP contribution is 2.23. The minimum atomic E-state index is 0.629. The van der Waals surface area contributed by atoms with Crippen LogP contribution in [0, 0.1) is 0 Å². The number of aromatic nitrogens is 2. The van der Waals surface area contributed by atoms with Crippen molar-refractivity contribution in [3.05, 3.63) is 61.1 Å². The molecular weight excluding hydrogens is 212 g/mol. The lowest BCUT2D eigenvalue weighted by molar-refractivity contribution is 0.575. The molecule has 0 aliphatic carbocycles. The van der Waals surface area contributed by atoms with Crippen LogP contribution in [0.25, 0.3) is 22.7 Å². The Kier molecular flexibility index (Phi) is 2.43. The van der Waals surface area contributed by atoms with Gasteiger partial charge in [-0.05, 0) is 24.3 Å². The zero-order valence-electron chi connectivity index (χ0n) is 9.08. The number of hydrogen-bond donors (Lipinski definition) is 0. The quantitative estimate of drug-likeness (QED) is 0.667. The van der Waals surface area contributed by atoms with Crippen LogP contribution in [0.3, 0.4) is 0 Å². The summed E-state index contributed by atoms with van der Waals surface area (Å²) in [6.07, 6.45) is 5.16. The van der Waals surface area contributed by atoms with Crippen LogP contribution in [0.1, 0.15) is 0 Å². The molecule has 0 fully saturated rings. The molecule has 1 aromatic carbocycles. The van der Waals surface area contributed by atoms with Gasteiger partial charge in [0.15, 0.2) is 0 Å². The maximum absolute atomic E-state index is 5.47. The van der Waals surface area contributed by atoms with E-state index in [1.54, 1.807) is 18.7 Å². The number of oxazole rings is 1. The fraction of sp³-hybridized carbons (Fsp3) is 0. The molecule has 2 heterocycles. The molecule has 0 atom stereocenters. The lowest BCUT2D eigenvalue weighted by atomic mass is 10.2. The molecule has 0 aliphatic rings. The van der Waals surface area contributed by atoms with Gasteiger partial charge in [0.25, 0.3) is 0 Å². The van der Waals surface area contributed by atoms with Crippen molar-refractivity contribution >= 4 is 0 Å². The summed E-state index contributed by atoms with van der Waals surface area (Å²) in [5, 5.41) is 0. The minimum absolute atomic E-state index is 0.629. The molecule has 3 heteroatoms. The summed E-state index contributed by atoms with van der Waals surface area (Å²) in [5.74, 6) is 0.629. The van der Waals surface area contributed by atoms with Crippen molar-refractivity contribution in [1.29, 1.82) is 0 Å². The molecule has 0 amide bonds. The Bertz CT molecular complexity index is 548. The monoisotopic (exact) mass is 222 g/mol. The Hall–Kier alpha value is -2.42. The maximum Gasteiger partial charge on any atom is 0.226 e. The molecule has 0 radical (unpaired) electrons. The normalized spacial score (nSPS) is 10.4. The molecule has 3 aromatic rings. The van der Waals surface area contributed by atoms with Crippen molar-refractivity contribution < 1.29 is 4.42 Å². The Morgan fingerprint density at radius 3 is 2.47 bits per heavy atom. The van der Waals surface area contributed by atoms with E-state index in [4.69, 9.17) is 4.42 Å². The number of pyridine rings is 1. The van der Waals surface area contributed by atoms with Gasteiger partial charge in [-0.25, -0.2) is 4.98 Å². The first-order valence-corrected chi connectivity index (χ1v) is 5.35. The standard InChI is InChI=1S/C14H10N2O/c1-2-5-11(6-3-1)14-16-13(10-17-14)12-7-4-8-15-9-12/h1-10H. The summed E-state index contributed by atoms with van der Waals surface area (Å²) in [6, 6.07) is 13.7. The van der Waals surface area contributed by atoms with Crippen molar-refractivity contribution in [3.8, 4) is 22.7 Å². The van der Waals surface area contributed by atoms with E-state index in [1.807, 2.05) is 42.5 Å². The topological polar surface area (TPSA) is 38.9 Å². The Morgan fingerprint density at radius 1 is 0.882 bits per heavy atom. The number of nitrogens with zero attached hydrogens (tertiary/aromatic N) is 2. The van der Waals surface area contributed by atoms with Gasteiger partial charge in [-0.3, -0.25) is 4.98 Å². The average Bonchev–Trinajstić information content (AvgIpc) is 2.90. The van der Waals surface area contributed by atoms with Crippen LogP contribution >= 0.6 is 0 Å². The zero-order valence-corrected chi connectivity index (χ0v) is 9.08. The van der Waals surface area contributed by atoms with Crippen LogP contribution in [-0.4, -0.2) is 9.97 Å². The largest absolute Gasteiger partial charge is 0.444 e. The molecule has 0 unspecified atom stereocenters. The Morgan fingerprint density at radius 2 is 1.71 bits per heavy atom. The lowest BCUT2D eigenvalue weighted by Crippen LogP contribution is -1.80. The fourth-order valence-electron chi connectivity index (χ4n) is 1.63. The van der Waals surface area contributed by atoms with Gasteiger partial charge >= 0.3 is 0 Å². The molecule has 17 heavy (non-hydrogen) atoms. The van der Waals surface area contributed by atoms with Gasteiger partial charge in [0.2, 0.25) is 5.89 Å². The van der Waals surface area contributed by atoms with Crippen molar-refractivity contribution in [3.63, 3.8) is 0 Å². The summed E-state index contributed by atoms with van der Waals surface area (Å²) in [5.41, 5.74) is 2.73. The predicted molar refractivity (Wildman–Crippen MR) is 65.2 cm³/mol. The second-order valence-electron chi connectivity index (χ2n) is 3.65. The molecule has 2 aromatic heterocycles. The van der Waals surface area contributed by atoms with E-state index in [2.05, 4.69) is 9.97 Å². The van der Waals surface area contributed by atoms with Gasteiger partial charge in [0, 0.05) is 23.5 Å². The van der Waals surface area contributed by atoms with Gasteiger partial charge in [0.05, 0.1) is 0 Å². The van der Waals surface area contributed by atoms with E-state index in [0.29, 0.717) is 5.89 Å². The van der Waals surface area contributed by atoms with Crippen LogP contribution < -0.4 is 0 Å². The van der Waals surface area contributed by atoms with Crippen LogP contribution in [0.4, 0.5) is 0 Å². The number of hydrogen-bond acceptors (Lipinski definition) is 3. The summed E-state index contributed by atoms with van der Waals surface area (Å²) >= 11 is 0. The Balaban J connectivity index is 1.99.